The molecule has 0 amide bonds. The van der Waals surface area contributed by atoms with Gasteiger partial charge in [-0.2, -0.15) is 0 Å². The van der Waals surface area contributed by atoms with Crippen LogP contribution in [0.2, 0.25) is 0 Å². The molecule has 0 spiro atoms. The smallest absolute Gasteiger partial charge is 0.545 e. The molecular weight excluding hydrogens is 184 g/mol. The van der Waals surface area contributed by atoms with Crippen molar-refractivity contribution in [3.63, 3.8) is 0 Å². The van der Waals surface area contributed by atoms with Gasteiger partial charge in [0, 0.05) is 0 Å². The molecule has 4 nitrogen and oxygen atoms in total. The van der Waals surface area contributed by atoms with Crippen molar-refractivity contribution in [2.45, 2.75) is 13.8 Å². The molecule has 0 bridgehead atoms. The maximum Gasteiger partial charge on any atom is 2.00 e. The fourth-order valence-electron chi connectivity index (χ4n) is 0.136. The maximum absolute atomic E-state index is 9.49. The van der Waals surface area contributed by atoms with Crippen LogP contribution in [0.3, 0.4) is 0 Å². The molecule has 0 aromatic rings. The number of rotatable bonds is 2. The Hall–Kier alpha value is -0.814. The van der Waals surface area contributed by atoms with Crippen molar-refractivity contribution in [1.29, 1.82) is 0 Å². The molecule has 0 saturated carbocycles. The number of allylic oxidation sites excluding steroid dienone is 1. The second-order valence-electron chi connectivity index (χ2n) is 1.89. The van der Waals surface area contributed by atoms with Crippen molar-refractivity contribution >= 4 is 35.0 Å². The summed E-state index contributed by atoms with van der Waals surface area (Å²) in [5, 5.41) is 18.9. The summed E-state index contributed by atoms with van der Waals surface area (Å²) >= 11 is 0. The van der Waals surface area contributed by atoms with Gasteiger partial charge in [-0.25, -0.2) is 0 Å². The van der Waals surface area contributed by atoms with Crippen LogP contribution in [-0.4, -0.2) is 35.0 Å². The molecule has 68 valence electrons. The van der Waals surface area contributed by atoms with Crippen LogP contribution in [0.4, 0.5) is 0 Å². The third-order valence-electron chi connectivity index (χ3n) is 0.651. The number of aliphatic carboxylic acids is 2. The average Bonchev–Trinajstić information content (AvgIpc) is 1.87. The topological polar surface area (TPSA) is 80.3 Å². The maximum atomic E-state index is 9.49. The van der Waals surface area contributed by atoms with Gasteiger partial charge in [-0.15, -0.1) is 0 Å². The van der Waals surface area contributed by atoms with Gasteiger partial charge in [-0.05, 0) is 25.5 Å². The van der Waals surface area contributed by atoms with Gasteiger partial charge in [0.15, 0.2) is 0 Å². The molecule has 0 aliphatic carbocycles. The van der Waals surface area contributed by atoms with Gasteiger partial charge >= 0.3 is 23.1 Å². The van der Waals surface area contributed by atoms with Gasteiger partial charge in [-0.1, -0.05) is 12.7 Å². The van der Waals surface area contributed by atoms with E-state index < -0.39 is 11.9 Å². The largest absolute Gasteiger partial charge is 2.00 e. The van der Waals surface area contributed by atoms with Gasteiger partial charge in [0.05, 0.1) is 11.9 Å². The zero-order valence-electron chi connectivity index (χ0n) is 7.70. The zero-order valence-corrected chi connectivity index (χ0v) is 9.12. The summed E-state index contributed by atoms with van der Waals surface area (Å²) in [4.78, 5) is 18.9. The number of carboxylic acid groups (broad SMARTS) is 2. The fraction of sp³-hybridized carbons (Fsp3) is 0.250. The summed E-state index contributed by atoms with van der Waals surface area (Å²) in [7, 11) is 0. The third kappa shape index (κ3) is 24.7. The Bertz CT molecular complexity index is 196. The predicted octanol–water partition coefficient (Wildman–Crippen LogP) is -1.76. The Kier molecular flexibility index (Phi) is 15.5. The Morgan fingerprint density at radius 2 is 1.62 bits per heavy atom. The molecule has 0 fully saturated rings. The summed E-state index contributed by atoms with van der Waals surface area (Å²) in [6.45, 7) is 6.10. The molecule has 5 heteroatoms. The fourth-order valence-corrected chi connectivity index (χ4v) is 0.136. The molecule has 0 N–H and O–H groups in total. The summed E-state index contributed by atoms with van der Waals surface area (Å²) in [6.07, 6.45) is 2.38. The van der Waals surface area contributed by atoms with Crippen molar-refractivity contribution in [2.24, 2.45) is 0 Å². The van der Waals surface area contributed by atoms with Crippen LogP contribution < -0.4 is 10.2 Å². The van der Waals surface area contributed by atoms with E-state index in [0.29, 0.717) is 0 Å². The molecule has 0 heterocycles. The second-order valence-corrected chi connectivity index (χ2v) is 1.89. The molecule has 0 aromatic carbocycles. The standard InChI is InChI=1S/2C4H6O2.Mg/c1-3(2)4(5)6;1-2-3-4(5)6;/h1H2,2H3,(H,5,6);2-3H,1H3,(H,5,6);/q;;+2/p-2. The minimum absolute atomic E-state index is 0. The van der Waals surface area contributed by atoms with Gasteiger partial charge in [0.1, 0.15) is 0 Å². The van der Waals surface area contributed by atoms with Crippen molar-refractivity contribution in [3.05, 3.63) is 24.3 Å². The number of carbonyl (C=O) groups is 2. The SMILES string of the molecule is C=C(C)C(=O)[O-].CC=CC(=O)[O-].[Mg+2]. The van der Waals surface area contributed by atoms with Crippen LogP contribution in [0.1, 0.15) is 13.8 Å². The van der Waals surface area contributed by atoms with E-state index in [4.69, 9.17) is 0 Å². The van der Waals surface area contributed by atoms with E-state index in [1.807, 2.05) is 0 Å². The monoisotopic (exact) mass is 194 g/mol. The number of carbonyl (C=O) groups excluding carboxylic acids is 2. The predicted molar refractivity (Wildman–Crippen MR) is 45.4 cm³/mol. The first-order valence-electron chi connectivity index (χ1n) is 3.12. The Balaban J connectivity index is -0.000000143. The molecule has 0 rings (SSSR count). The molecule has 0 aromatic heterocycles. The molecule has 0 unspecified atom stereocenters. The summed E-state index contributed by atoms with van der Waals surface area (Å²) < 4.78 is 0. The molecule has 0 radical (unpaired) electrons. The third-order valence-corrected chi connectivity index (χ3v) is 0.651. The van der Waals surface area contributed by atoms with Gasteiger partial charge in [-0.3, -0.25) is 0 Å². The Labute approximate surface area is 93.1 Å². The van der Waals surface area contributed by atoms with Crippen molar-refractivity contribution in [1.82, 2.24) is 0 Å². The van der Waals surface area contributed by atoms with Crippen LogP contribution in [0, 0.1) is 0 Å². The Morgan fingerprint density at radius 1 is 1.31 bits per heavy atom. The number of carboxylic acids is 2. The van der Waals surface area contributed by atoms with Gasteiger partial charge in [0.2, 0.25) is 0 Å². The van der Waals surface area contributed by atoms with Crippen molar-refractivity contribution in [3.8, 4) is 0 Å². The average molecular weight is 194 g/mol. The Morgan fingerprint density at radius 3 is 1.62 bits per heavy atom. The quantitative estimate of drug-likeness (QED) is 0.385. The van der Waals surface area contributed by atoms with Crippen LogP contribution in [0.15, 0.2) is 24.3 Å². The van der Waals surface area contributed by atoms with Gasteiger partial charge in [0.25, 0.3) is 0 Å². The second kappa shape index (κ2) is 11.2. The van der Waals surface area contributed by atoms with E-state index in [9.17, 15) is 19.8 Å². The van der Waals surface area contributed by atoms with Crippen molar-refractivity contribution in [2.75, 3.05) is 0 Å². The minimum Gasteiger partial charge on any atom is -0.545 e. The van der Waals surface area contributed by atoms with E-state index in [0.717, 1.165) is 6.08 Å². The molecular formula is C8H10MgO4. The number of hydrogen-bond acceptors (Lipinski definition) is 4. The van der Waals surface area contributed by atoms with Crippen LogP contribution in [0.5, 0.6) is 0 Å². The first-order valence-corrected chi connectivity index (χ1v) is 3.12. The van der Waals surface area contributed by atoms with Crippen LogP contribution in [-0.2, 0) is 9.59 Å². The van der Waals surface area contributed by atoms with E-state index in [-0.39, 0.29) is 28.6 Å². The zero-order chi connectivity index (χ0) is 10.1. The molecule has 0 aliphatic rings. The number of hydrogen-bond donors (Lipinski definition) is 0. The summed E-state index contributed by atoms with van der Waals surface area (Å²) in [6, 6.07) is 0. The summed E-state index contributed by atoms with van der Waals surface area (Å²) in [5.41, 5.74) is 0.0648. The molecule has 0 aliphatic heterocycles. The molecule has 0 saturated heterocycles. The van der Waals surface area contributed by atoms with Crippen LogP contribution >= 0.6 is 0 Å². The van der Waals surface area contributed by atoms with Gasteiger partial charge < -0.3 is 19.8 Å². The van der Waals surface area contributed by atoms with E-state index >= 15 is 0 Å². The first-order chi connectivity index (χ1) is 5.41. The van der Waals surface area contributed by atoms with Crippen LogP contribution in [0.25, 0.3) is 0 Å². The summed E-state index contributed by atoms with van der Waals surface area (Å²) in [5.74, 6) is -2.33. The molecule has 0 atom stereocenters. The van der Waals surface area contributed by atoms with E-state index in [1.54, 1.807) is 6.92 Å². The van der Waals surface area contributed by atoms with E-state index in [1.165, 1.54) is 13.0 Å². The van der Waals surface area contributed by atoms with E-state index in [2.05, 4.69) is 6.58 Å². The minimum atomic E-state index is -1.19. The first kappa shape index (κ1) is 18.1. The molecule has 13 heavy (non-hydrogen) atoms. The normalized spacial score (nSPS) is 7.85. The van der Waals surface area contributed by atoms with Crippen molar-refractivity contribution < 1.29 is 19.8 Å².